The Bertz CT molecular complexity index is 387. The third-order valence-corrected chi connectivity index (χ3v) is 3.27. The van der Waals surface area contributed by atoms with Crippen LogP contribution in [0.1, 0.15) is 19.4 Å². The molecular formula is C13H20ClFN2O. The van der Waals surface area contributed by atoms with Crippen LogP contribution in [0.4, 0.5) is 4.39 Å². The molecule has 0 spiro atoms. The minimum atomic E-state index is -0.412. The van der Waals surface area contributed by atoms with Gasteiger partial charge in [0.15, 0.2) is 0 Å². The first-order valence-electron chi connectivity index (χ1n) is 5.92. The molecule has 0 fully saturated rings. The van der Waals surface area contributed by atoms with Crippen LogP contribution < -0.4 is 11.3 Å². The van der Waals surface area contributed by atoms with E-state index in [0.29, 0.717) is 12.3 Å². The number of ether oxygens (including phenoxy) is 1. The maximum Gasteiger partial charge on any atom is 0.141 e. The van der Waals surface area contributed by atoms with Gasteiger partial charge >= 0.3 is 0 Å². The zero-order valence-electron chi connectivity index (χ0n) is 10.9. The van der Waals surface area contributed by atoms with Crippen LogP contribution >= 0.6 is 11.6 Å². The van der Waals surface area contributed by atoms with Crippen molar-refractivity contribution in [1.82, 2.24) is 5.43 Å². The minimum absolute atomic E-state index is 0.0150. The molecule has 5 heteroatoms. The van der Waals surface area contributed by atoms with E-state index in [1.165, 1.54) is 6.07 Å². The van der Waals surface area contributed by atoms with E-state index in [1.54, 1.807) is 19.2 Å². The van der Waals surface area contributed by atoms with Gasteiger partial charge in [-0.15, -0.1) is 0 Å². The van der Waals surface area contributed by atoms with Crippen molar-refractivity contribution in [3.05, 3.63) is 34.6 Å². The van der Waals surface area contributed by atoms with Gasteiger partial charge in [0.05, 0.1) is 17.2 Å². The molecule has 18 heavy (non-hydrogen) atoms. The van der Waals surface area contributed by atoms with E-state index in [-0.39, 0.29) is 17.2 Å². The summed E-state index contributed by atoms with van der Waals surface area (Å²) < 4.78 is 18.5. The summed E-state index contributed by atoms with van der Waals surface area (Å²) in [7, 11) is 1.66. The predicted octanol–water partition coefficient (Wildman–Crippen LogP) is 2.52. The van der Waals surface area contributed by atoms with Crippen LogP contribution in [0.2, 0.25) is 5.02 Å². The quantitative estimate of drug-likeness (QED) is 0.619. The zero-order valence-corrected chi connectivity index (χ0v) is 11.7. The Kier molecular flexibility index (Phi) is 6.02. The van der Waals surface area contributed by atoms with Gasteiger partial charge in [-0.05, 0) is 30.0 Å². The highest BCUT2D eigenvalue weighted by molar-refractivity contribution is 6.30. The second-order valence-electron chi connectivity index (χ2n) is 4.67. The van der Waals surface area contributed by atoms with Crippen molar-refractivity contribution in [2.75, 3.05) is 7.11 Å². The van der Waals surface area contributed by atoms with E-state index in [1.807, 2.05) is 0 Å². The molecule has 102 valence electrons. The van der Waals surface area contributed by atoms with Gasteiger partial charge < -0.3 is 4.74 Å². The summed E-state index contributed by atoms with van der Waals surface area (Å²) >= 11 is 5.76. The number of methoxy groups -OCH3 is 1. The van der Waals surface area contributed by atoms with Gasteiger partial charge in [-0.1, -0.05) is 31.5 Å². The lowest BCUT2D eigenvalue weighted by atomic mass is 9.94. The predicted molar refractivity (Wildman–Crippen MR) is 71.9 cm³/mol. The Balaban J connectivity index is 2.81. The molecule has 0 saturated carbocycles. The van der Waals surface area contributed by atoms with Crippen LogP contribution in [-0.4, -0.2) is 19.3 Å². The van der Waals surface area contributed by atoms with Gasteiger partial charge in [-0.25, -0.2) is 4.39 Å². The maximum atomic E-state index is 13.1. The van der Waals surface area contributed by atoms with Crippen molar-refractivity contribution >= 4 is 11.6 Å². The van der Waals surface area contributed by atoms with Gasteiger partial charge in [0, 0.05) is 7.11 Å². The Morgan fingerprint density at radius 1 is 1.44 bits per heavy atom. The smallest absolute Gasteiger partial charge is 0.141 e. The summed E-state index contributed by atoms with van der Waals surface area (Å²) in [6, 6.07) is 4.64. The third-order valence-electron chi connectivity index (χ3n) is 2.98. The van der Waals surface area contributed by atoms with Crippen molar-refractivity contribution < 1.29 is 9.13 Å². The number of hydrogen-bond donors (Lipinski definition) is 2. The molecule has 0 aromatic heterocycles. The first-order valence-corrected chi connectivity index (χ1v) is 6.30. The molecule has 0 aliphatic rings. The molecule has 2 unspecified atom stereocenters. The van der Waals surface area contributed by atoms with Gasteiger partial charge in [0.2, 0.25) is 0 Å². The third kappa shape index (κ3) is 3.92. The van der Waals surface area contributed by atoms with Crippen LogP contribution in [-0.2, 0) is 11.2 Å². The molecule has 0 amide bonds. The normalized spacial score (nSPS) is 14.8. The summed E-state index contributed by atoms with van der Waals surface area (Å²) in [6.07, 6.45) is 0.617. The van der Waals surface area contributed by atoms with Crippen LogP contribution in [0, 0.1) is 11.7 Å². The summed E-state index contributed by atoms with van der Waals surface area (Å²) in [4.78, 5) is 0. The van der Waals surface area contributed by atoms with Crippen LogP contribution in [0.5, 0.6) is 0 Å². The number of halogens is 2. The molecule has 0 bridgehead atoms. The van der Waals surface area contributed by atoms with Gasteiger partial charge in [0.25, 0.3) is 0 Å². The standard InChI is InChI=1S/C13H20ClFN2O/c1-8(2)13(18-3)12(17-16)7-9-4-5-11(15)10(14)6-9/h4-6,8,12-13,17H,7,16H2,1-3H3. The van der Waals surface area contributed by atoms with Gasteiger partial charge in [-0.3, -0.25) is 11.3 Å². The fraction of sp³-hybridized carbons (Fsp3) is 0.538. The van der Waals surface area contributed by atoms with Crippen molar-refractivity contribution in [3.63, 3.8) is 0 Å². The zero-order chi connectivity index (χ0) is 13.7. The lowest BCUT2D eigenvalue weighted by Gasteiger charge is -2.28. The molecule has 0 aliphatic carbocycles. The first-order chi connectivity index (χ1) is 8.49. The number of hydrazine groups is 1. The molecule has 0 aliphatic heterocycles. The van der Waals surface area contributed by atoms with E-state index < -0.39 is 5.82 Å². The SMILES string of the molecule is COC(C(C)C)C(Cc1ccc(F)c(Cl)c1)NN. The van der Waals surface area contributed by atoms with E-state index in [9.17, 15) is 4.39 Å². The average Bonchev–Trinajstić information content (AvgIpc) is 2.33. The number of hydrogen-bond acceptors (Lipinski definition) is 3. The first kappa shape index (κ1) is 15.4. The molecule has 0 saturated heterocycles. The fourth-order valence-electron chi connectivity index (χ4n) is 2.09. The van der Waals surface area contributed by atoms with Crippen LogP contribution in [0.3, 0.4) is 0 Å². The molecule has 2 atom stereocenters. The van der Waals surface area contributed by atoms with E-state index >= 15 is 0 Å². The highest BCUT2D eigenvalue weighted by Crippen LogP contribution is 2.19. The number of rotatable bonds is 6. The molecule has 0 radical (unpaired) electrons. The van der Waals surface area contributed by atoms with E-state index in [2.05, 4.69) is 19.3 Å². The summed E-state index contributed by atoms with van der Waals surface area (Å²) in [5.41, 5.74) is 3.68. The largest absolute Gasteiger partial charge is 0.380 e. The Morgan fingerprint density at radius 2 is 2.11 bits per heavy atom. The Morgan fingerprint density at radius 3 is 2.56 bits per heavy atom. The molecule has 3 N–H and O–H groups in total. The summed E-state index contributed by atoms with van der Waals surface area (Å²) in [6.45, 7) is 4.13. The second-order valence-corrected chi connectivity index (χ2v) is 5.08. The number of nitrogens with two attached hydrogens (primary N) is 1. The summed E-state index contributed by atoms with van der Waals surface area (Å²) in [5.74, 6) is 5.48. The Hall–Kier alpha value is -0.680. The fourth-order valence-corrected chi connectivity index (χ4v) is 2.29. The molecule has 1 aromatic carbocycles. The Labute approximate surface area is 112 Å². The van der Waals surface area contributed by atoms with Gasteiger partial charge in [0.1, 0.15) is 5.82 Å². The van der Waals surface area contributed by atoms with E-state index in [0.717, 1.165) is 5.56 Å². The lowest BCUT2D eigenvalue weighted by molar-refractivity contribution is 0.0332. The molecular weight excluding hydrogens is 255 g/mol. The maximum absolute atomic E-state index is 13.1. The summed E-state index contributed by atoms with van der Waals surface area (Å²) in [5, 5.41) is 0.127. The average molecular weight is 275 g/mol. The molecule has 1 aromatic rings. The van der Waals surface area contributed by atoms with Gasteiger partial charge in [-0.2, -0.15) is 0 Å². The molecule has 3 nitrogen and oxygen atoms in total. The molecule has 0 heterocycles. The van der Waals surface area contributed by atoms with Crippen molar-refractivity contribution in [2.45, 2.75) is 32.4 Å². The van der Waals surface area contributed by atoms with Crippen LogP contribution in [0.25, 0.3) is 0 Å². The second kappa shape index (κ2) is 7.04. The minimum Gasteiger partial charge on any atom is -0.380 e. The highest BCUT2D eigenvalue weighted by Gasteiger charge is 2.23. The monoisotopic (exact) mass is 274 g/mol. The number of benzene rings is 1. The van der Waals surface area contributed by atoms with Crippen molar-refractivity contribution in [1.29, 1.82) is 0 Å². The van der Waals surface area contributed by atoms with E-state index in [4.69, 9.17) is 22.2 Å². The van der Waals surface area contributed by atoms with Crippen molar-refractivity contribution in [3.8, 4) is 0 Å². The molecule has 1 rings (SSSR count). The lowest BCUT2D eigenvalue weighted by Crippen LogP contribution is -2.48. The topological polar surface area (TPSA) is 47.3 Å². The highest BCUT2D eigenvalue weighted by atomic mass is 35.5. The number of nitrogens with one attached hydrogen (secondary N) is 1. The van der Waals surface area contributed by atoms with Crippen molar-refractivity contribution in [2.24, 2.45) is 11.8 Å². The van der Waals surface area contributed by atoms with Crippen LogP contribution in [0.15, 0.2) is 18.2 Å².